The van der Waals surface area contributed by atoms with Crippen LogP contribution in [0.2, 0.25) is 0 Å². The molecule has 0 spiro atoms. The summed E-state index contributed by atoms with van der Waals surface area (Å²) in [5.41, 5.74) is 1.30. The number of carbonyl (C=O) groups is 1. The number of guanidine groups is 1. The van der Waals surface area contributed by atoms with Gasteiger partial charge in [-0.3, -0.25) is 4.79 Å². The molecule has 1 aromatic carbocycles. The van der Waals surface area contributed by atoms with Crippen LogP contribution in [0.3, 0.4) is 0 Å². The Hall–Kier alpha value is -2.24. The van der Waals surface area contributed by atoms with Crippen molar-refractivity contribution in [1.29, 1.82) is 0 Å². The molecule has 2 atom stereocenters. The Morgan fingerprint density at radius 1 is 1.07 bits per heavy atom. The van der Waals surface area contributed by atoms with E-state index in [1.165, 1.54) is 31.4 Å². The monoisotopic (exact) mass is 399 g/mol. The lowest BCUT2D eigenvalue weighted by Gasteiger charge is -2.36. The maximum Gasteiger partial charge on any atom is 0.243 e. The maximum absolute atomic E-state index is 12.1. The third-order valence-corrected chi connectivity index (χ3v) is 6.26. The Morgan fingerprint density at radius 2 is 1.76 bits per heavy atom. The van der Waals surface area contributed by atoms with Gasteiger partial charge in [0.25, 0.3) is 0 Å². The second kappa shape index (κ2) is 10.5. The molecule has 1 aromatic rings. The largest absolute Gasteiger partial charge is 0.371 e. The van der Waals surface area contributed by atoms with E-state index in [-0.39, 0.29) is 12.5 Å². The second-order valence-electron chi connectivity index (χ2n) is 8.71. The fourth-order valence-corrected chi connectivity index (χ4v) is 4.24. The lowest BCUT2D eigenvalue weighted by atomic mass is 9.86. The van der Waals surface area contributed by atoms with Crippen molar-refractivity contribution in [3.8, 4) is 0 Å². The fourth-order valence-electron chi connectivity index (χ4n) is 4.24. The van der Waals surface area contributed by atoms with Crippen LogP contribution in [-0.4, -0.2) is 62.6 Å². The van der Waals surface area contributed by atoms with Gasteiger partial charge in [0.15, 0.2) is 5.96 Å². The number of anilines is 1. The SMILES string of the molecule is CC1CCCCC1NC(=NCC(=O)N(C)C)NC1CCN(c2ccccc2)CC1. The molecule has 2 N–H and O–H groups in total. The molecule has 2 unspecified atom stereocenters. The highest BCUT2D eigenvalue weighted by atomic mass is 16.2. The zero-order valence-corrected chi connectivity index (χ0v) is 18.2. The van der Waals surface area contributed by atoms with Gasteiger partial charge >= 0.3 is 0 Å². The molecule has 29 heavy (non-hydrogen) atoms. The number of amides is 1. The molecule has 6 nitrogen and oxygen atoms in total. The molecule has 6 heteroatoms. The molecule has 1 saturated heterocycles. The van der Waals surface area contributed by atoms with Crippen molar-refractivity contribution >= 4 is 17.6 Å². The van der Waals surface area contributed by atoms with Gasteiger partial charge in [-0.25, -0.2) is 4.99 Å². The molecule has 0 aromatic heterocycles. The van der Waals surface area contributed by atoms with Gasteiger partial charge in [-0.1, -0.05) is 38.0 Å². The molecule has 1 aliphatic carbocycles. The molecular weight excluding hydrogens is 362 g/mol. The first-order valence-corrected chi connectivity index (χ1v) is 11.1. The minimum absolute atomic E-state index is 0.0293. The Bertz CT molecular complexity index is 667. The molecule has 2 fully saturated rings. The summed E-state index contributed by atoms with van der Waals surface area (Å²) >= 11 is 0. The number of aliphatic imine (C=N–C) groups is 1. The molecular formula is C23H37N5O. The van der Waals surface area contributed by atoms with Gasteiger partial charge in [-0.15, -0.1) is 0 Å². The van der Waals surface area contributed by atoms with E-state index in [0.717, 1.165) is 31.9 Å². The van der Waals surface area contributed by atoms with Crippen LogP contribution in [0.15, 0.2) is 35.3 Å². The Balaban J connectivity index is 1.58. The first-order chi connectivity index (χ1) is 14.0. The fraction of sp³-hybridized carbons (Fsp3) is 0.652. The van der Waals surface area contributed by atoms with Gasteiger partial charge in [-0.05, 0) is 43.7 Å². The third-order valence-electron chi connectivity index (χ3n) is 6.26. The highest BCUT2D eigenvalue weighted by Gasteiger charge is 2.25. The van der Waals surface area contributed by atoms with E-state index < -0.39 is 0 Å². The Kier molecular flexibility index (Phi) is 7.78. The number of carbonyl (C=O) groups excluding carboxylic acids is 1. The highest BCUT2D eigenvalue weighted by molar-refractivity contribution is 5.85. The van der Waals surface area contributed by atoms with Crippen molar-refractivity contribution in [2.45, 2.75) is 57.5 Å². The molecule has 3 rings (SSSR count). The van der Waals surface area contributed by atoms with Crippen molar-refractivity contribution in [3.63, 3.8) is 0 Å². The van der Waals surface area contributed by atoms with E-state index in [1.807, 2.05) is 0 Å². The predicted octanol–water partition coefficient (Wildman–Crippen LogP) is 2.86. The summed E-state index contributed by atoms with van der Waals surface area (Å²) in [7, 11) is 3.56. The minimum Gasteiger partial charge on any atom is -0.371 e. The zero-order valence-electron chi connectivity index (χ0n) is 18.2. The van der Waals surface area contributed by atoms with E-state index in [1.54, 1.807) is 19.0 Å². The number of likely N-dealkylation sites (N-methyl/N-ethyl adjacent to an activating group) is 1. The number of nitrogens with zero attached hydrogens (tertiary/aromatic N) is 3. The standard InChI is InChI=1S/C23H37N5O/c1-18-9-7-8-12-21(18)26-23(24-17-22(29)27(2)3)25-19-13-15-28(16-14-19)20-10-5-4-6-11-20/h4-6,10-11,18-19,21H,7-9,12-17H2,1-3H3,(H2,24,25,26). The van der Waals surface area contributed by atoms with Crippen LogP contribution in [0.5, 0.6) is 0 Å². The van der Waals surface area contributed by atoms with Gasteiger partial charge in [0.2, 0.25) is 5.91 Å². The van der Waals surface area contributed by atoms with Gasteiger partial charge in [0.05, 0.1) is 0 Å². The number of nitrogens with one attached hydrogen (secondary N) is 2. The number of hydrogen-bond donors (Lipinski definition) is 2. The maximum atomic E-state index is 12.1. The lowest BCUT2D eigenvalue weighted by Crippen LogP contribution is -2.52. The lowest BCUT2D eigenvalue weighted by molar-refractivity contribution is -0.127. The molecule has 1 heterocycles. The predicted molar refractivity (Wildman–Crippen MR) is 120 cm³/mol. The van der Waals surface area contributed by atoms with E-state index in [2.05, 4.69) is 57.8 Å². The third kappa shape index (κ3) is 6.38. The van der Waals surface area contributed by atoms with Crippen LogP contribution < -0.4 is 15.5 Å². The minimum atomic E-state index is 0.0293. The summed E-state index contributed by atoms with van der Waals surface area (Å²) < 4.78 is 0. The van der Waals surface area contributed by atoms with Crippen LogP contribution in [0, 0.1) is 5.92 Å². The zero-order chi connectivity index (χ0) is 20.6. The molecule has 1 amide bonds. The molecule has 1 aliphatic heterocycles. The van der Waals surface area contributed by atoms with E-state index in [4.69, 9.17) is 0 Å². The average Bonchev–Trinajstić information content (AvgIpc) is 2.74. The first-order valence-electron chi connectivity index (χ1n) is 11.1. The molecule has 1 saturated carbocycles. The normalized spacial score (nSPS) is 23.6. The first kappa shape index (κ1) is 21.5. The molecule has 0 radical (unpaired) electrons. The second-order valence-corrected chi connectivity index (χ2v) is 8.71. The van der Waals surface area contributed by atoms with Crippen LogP contribution >= 0.6 is 0 Å². The van der Waals surface area contributed by atoms with Gasteiger partial charge in [-0.2, -0.15) is 0 Å². The Morgan fingerprint density at radius 3 is 2.41 bits per heavy atom. The van der Waals surface area contributed by atoms with Crippen molar-refractivity contribution in [2.75, 3.05) is 38.6 Å². The summed E-state index contributed by atoms with van der Waals surface area (Å²) in [5.74, 6) is 1.47. The summed E-state index contributed by atoms with van der Waals surface area (Å²) in [6, 6.07) is 11.4. The van der Waals surface area contributed by atoms with Gasteiger partial charge in [0, 0.05) is 45.0 Å². The van der Waals surface area contributed by atoms with Crippen molar-refractivity contribution in [3.05, 3.63) is 30.3 Å². The molecule has 160 valence electrons. The summed E-state index contributed by atoms with van der Waals surface area (Å²) in [5, 5.41) is 7.28. The average molecular weight is 400 g/mol. The molecule has 2 aliphatic rings. The topological polar surface area (TPSA) is 60.0 Å². The van der Waals surface area contributed by atoms with Crippen molar-refractivity contribution in [2.24, 2.45) is 10.9 Å². The number of para-hydroxylation sites is 1. The van der Waals surface area contributed by atoms with Crippen LogP contribution in [0.25, 0.3) is 0 Å². The van der Waals surface area contributed by atoms with Crippen LogP contribution in [0.1, 0.15) is 45.4 Å². The number of benzene rings is 1. The molecule has 0 bridgehead atoms. The number of hydrogen-bond acceptors (Lipinski definition) is 3. The summed E-state index contributed by atoms with van der Waals surface area (Å²) in [6.45, 7) is 4.57. The van der Waals surface area contributed by atoms with E-state index >= 15 is 0 Å². The van der Waals surface area contributed by atoms with Crippen LogP contribution in [0.4, 0.5) is 5.69 Å². The summed E-state index contributed by atoms with van der Waals surface area (Å²) in [6.07, 6.45) is 7.15. The number of rotatable bonds is 5. The van der Waals surface area contributed by atoms with Crippen LogP contribution in [-0.2, 0) is 4.79 Å². The Labute approximate surface area is 175 Å². The van der Waals surface area contributed by atoms with Gasteiger partial charge < -0.3 is 20.4 Å². The van der Waals surface area contributed by atoms with Crippen molar-refractivity contribution < 1.29 is 4.79 Å². The van der Waals surface area contributed by atoms with Crippen molar-refractivity contribution in [1.82, 2.24) is 15.5 Å². The van der Waals surface area contributed by atoms with Gasteiger partial charge in [0.1, 0.15) is 6.54 Å². The number of piperidine rings is 1. The highest BCUT2D eigenvalue weighted by Crippen LogP contribution is 2.24. The smallest absolute Gasteiger partial charge is 0.243 e. The quantitative estimate of drug-likeness (QED) is 0.590. The summed E-state index contributed by atoms with van der Waals surface area (Å²) in [4.78, 5) is 20.7. The van der Waals surface area contributed by atoms with E-state index in [0.29, 0.717) is 18.0 Å². The van der Waals surface area contributed by atoms with E-state index in [9.17, 15) is 4.79 Å².